The maximum atomic E-state index is 12.7. The monoisotopic (exact) mass is 326 g/mol. The Bertz CT molecular complexity index is 539. The molecule has 0 bridgehead atoms. The van der Waals surface area contributed by atoms with Gasteiger partial charge in [0.25, 0.3) is 0 Å². The Morgan fingerprint density at radius 2 is 1.95 bits per heavy atom. The summed E-state index contributed by atoms with van der Waals surface area (Å²) in [6.45, 7) is -2.01. The Balaban J connectivity index is 2.84. The van der Waals surface area contributed by atoms with Gasteiger partial charge in [-0.25, -0.2) is 0 Å². The molecule has 1 aliphatic rings. The van der Waals surface area contributed by atoms with Gasteiger partial charge in [0.15, 0.2) is 5.92 Å². The quantitative estimate of drug-likeness (QED) is 0.505. The molecule has 0 radical (unpaired) electrons. The summed E-state index contributed by atoms with van der Waals surface area (Å²) < 4.78 is 61.5. The number of allylic oxidation sites excluding steroid dienone is 1. The number of primary amides is 1. The van der Waals surface area contributed by atoms with Crippen molar-refractivity contribution in [1.29, 1.82) is 0 Å². The number of aliphatic imine (C=N–C) groups is 1. The second-order valence-electron chi connectivity index (χ2n) is 4.13. The van der Waals surface area contributed by atoms with Crippen molar-refractivity contribution < 1.29 is 31.5 Å². The van der Waals surface area contributed by atoms with E-state index in [0.29, 0.717) is 0 Å². The molecule has 4 N–H and O–H groups in total. The van der Waals surface area contributed by atoms with Crippen LogP contribution in [0.5, 0.6) is 0 Å². The zero-order valence-electron chi connectivity index (χ0n) is 10.8. The van der Waals surface area contributed by atoms with Crippen LogP contribution < -0.4 is 16.4 Å². The molecule has 1 heterocycles. The molecule has 0 aromatic rings. The summed E-state index contributed by atoms with van der Waals surface area (Å²) in [5, 5.41) is 3.86. The van der Waals surface area contributed by atoms with Crippen LogP contribution in [0.3, 0.4) is 0 Å². The molecule has 22 heavy (non-hydrogen) atoms. The van der Waals surface area contributed by atoms with Crippen LogP contribution in [0.2, 0.25) is 0 Å². The zero-order valence-corrected chi connectivity index (χ0v) is 10.8. The average molecular weight is 326 g/mol. The molecule has 0 spiro atoms. The lowest BCUT2D eigenvalue weighted by molar-refractivity contribution is -0.278. The van der Waals surface area contributed by atoms with Gasteiger partial charge in [-0.2, -0.15) is 22.0 Å². The van der Waals surface area contributed by atoms with Crippen molar-refractivity contribution in [1.82, 2.24) is 10.6 Å². The fourth-order valence-electron chi connectivity index (χ4n) is 1.37. The van der Waals surface area contributed by atoms with Gasteiger partial charge in [-0.3, -0.25) is 14.6 Å². The van der Waals surface area contributed by atoms with E-state index in [1.807, 2.05) is 0 Å². The second kappa shape index (κ2) is 6.54. The minimum absolute atomic E-state index is 0.231. The number of hydrogen-bond acceptors (Lipinski definition) is 4. The van der Waals surface area contributed by atoms with Crippen LogP contribution in [0, 0.1) is 5.92 Å². The predicted octanol–water partition coefficient (Wildman–Crippen LogP) is 0.431. The Labute approximate surface area is 120 Å². The molecule has 1 rings (SSSR count). The number of nitrogens with zero attached hydrogens (tertiary/aromatic N) is 1. The van der Waals surface area contributed by atoms with E-state index in [1.54, 1.807) is 0 Å². The smallest absolute Gasteiger partial charge is 0.369 e. The summed E-state index contributed by atoms with van der Waals surface area (Å²) in [5.41, 5.74) is 4.74. The Morgan fingerprint density at radius 1 is 1.32 bits per heavy atom. The molecule has 0 fully saturated rings. The summed E-state index contributed by atoms with van der Waals surface area (Å²) in [6.07, 6.45) is -0.772. The molecule has 6 nitrogen and oxygen atoms in total. The lowest BCUT2D eigenvalue weighted by Crippen LogP contribution is -2.49. The molecule has 1 unspecified atom stereocenters. The van der Waals surface area contributed by atoms with E-state index < -0.39 is 36.4 Å². The highest BCUT2D eigenvalue weighted by atomic mass is 19.4. The molecule has 0 saturated carbocycles. The number of carbonyl (C=O) groups excluding carboxylic acids is 2. The van der Waals surface area contributed by atoms with E-state index in [9.17, 15) is 31.5 Å². The van der Waals surface area contributed by atoms with E-state index >= 15 is 0 Å². The number of hydrogen-bond donors (Lipinski definition) is 3. The lowest BCUT2D eigenvalue weighted by atomic mass is 10.0. The summed E-state index contributed by atoms with van der Waals surface area (Å²) in [5.74, 6) is -9.61. The van der Waals surface area contributed by atoms with Gasteiger partial charge < -0.3 is 16.4 Å². The Morgan fingerprint density at radius 3 is 2.50 bits per heavy atom. The fourth-order valence-corrected chi connectivity index (χ4v) is 1.37. The first-order valence-corrected chi connectivity index (χ1v) is 5.73. The van der Waals surface area contributed by atoms with E-state index in [1.165, 1.54) is 23.8 Å². The predicted molar refractivity (Wildman–Crippen MR) is 65.5 cm³/mol. The largest absolute Gasteiger partial charge is 0.455 e. The van der Waals surface area contributed by atoms with Crippen molar-refractivity contribution in [3.63, 3.8) is 0 Å². The Kier molecular flexibility index (Phi) is 5.23. The molecule has 11 heteroatoms. The molecular weight excluding hydrogens is 315 g/mol. The second-order valence-corrected chi connectivity index (χ2v) is 4.13. The number of amides is 2. The van der Waals surface area contributed by atoms with Gasteiger partial charge in [0.2, 0.25) is 11.8 Å². The number of nitrogens with two attached hydrogens (primary N) is 1. The van der Waals surface area contributed by atoms with E-state index in [2.05, 4.69) is 10.3 Å². The highest BCUT2D eigenvalue weighted by molar-refractivity contribution is 6.02. The normalized spacial score (nSPS) is 16.3. The molecular formula is C11H11F5N4O2. The van der Waals surface area contributed by atoms with Crippen molar-refractivity contribution in [2.45, 2.75) is 12.1 Å². The Hall–Kier alpha value is -2.46. The van der Waals surface area contributed by atoms with Crippen LogP contribution in [-0.4, -0.2) is 36.7 Å². The van der Waals surface area contributed by atoms with Gasteiger partial charge in [-0.15, -0.1) is 0 Å². The summed E-state index contributed by atoms with van der Waals surface area (Å²) in [4.78, 5) is 26.6. The van der Waals surface area contributed by atoms with Gasteiger partial charge in [0.05, 0.1) is 12.2 Å². The summed E-state index contributed by atoms with van der Waals surface area (Å²) in [7, 11) is 0. The average Bonchev–Trinajstić information content (AvgIpc) is 2.64. The zero-order chi connectivity index (χ0) is 17.0. The lowest BCUT2D eigenvalue weighted by Gasteiger charge is -2.21. The maximum absolute atomic E-state index is 12.7. The third kappa shape index (κ3) is 4.27. The van der Waals surface area contributed by atoms with Crippen LogP contribution in [0.25, 0.3) is 0 Å². The molecule has 0 aromatic carbocycles. The van der Waals surface area contributed by atoms with E-state index in [4.69, 9.17) is 5.73 Å². The number of alkyl halides is 5. The topological polar surface area (TPSA) is 96.6 Å². The van der Waals surface area contributed by atoms with Crippen molar-refractivity contribution in [2.75, 3.05) is 6.54 Å². The maximum Gasteiger partial charge on any atom is 0.455 e. The third-order valence-electron chi connectivity index (χ3n) is 2.48. The number of nitrogens with one attached hydrogen (secondary N) is 2. The summed E-state index contributed by atoms with van der Waals surface area (Å²) in [6, 6.07) is 0. The highest BCUT2D eigenvalue weighted by Gasteiger charge is 2.57. The number of halogens is 5. The first kappa shape index (κ1) is 17.6. The first-order valence-electron chi connectivity index (χ1n) is 5.73. The van der Waals surface area contributed by atoms with Gasteiger partial charge in [-0.05, 0) is 6.08 Å². The van der Waals surface area contributed by atoms with Crippen LogP contribution in [-0.2, 0) is 9.59 Å². The molecule has 0 aliphatic carbocycles. The number of rotatable bonds is 5. The molecule has 122 valence electrons. The number of carbonyl (C=O) groups is 2. The minimum atomic E-state index is -5.83. The van der Waals surface area contributed by atoms with E-state index in [-0.39, 0.29) is 5.70 Å². The van der Waals surface area contributed by atoms with Crippen LogP contribution in [0.15, 0.2) is 29.2 Å². The van der Waals surface area contributed by atoms with E-state index in [0.717, 1.165) is 6.20 Å². The minimum Gasteiger partial charge on any atom is -0.369 e. The molecule has 1 atom stereocenters. The molecule has 0 aromatic heterocycles. The van der Waals surface area contributed by atoms with Crippen molar-refractivity contribution in [2.24, 2.45) is 16.6 Å². The van der Waals surface area contributed by atoms with Crippen LogP contribution >= 0.6 is 0 Å². The van der Waals surface area contributed by atoms with Gasteiger partial charge in [-0.1, -0.05) is 0 Å². The SMILES string of the molecule is NC(=O)C(C(=O)NCC(F)(F)C(F)(F)F)C1=CNC=CC=N1. The first-order chi connectivity index (χ1) is 10.1. The molecule has 2 amide bonds. The van der Waals surface area contributed by atoms with Gasteiger partial charge in [0, 0.05) is 18.6 Å². The standard InChI is InChI=1S/C11H11F5N4O2/c12-10(13,11(14,15)16)5-20-9(22)7(8(17)21)6-4-18-2-1-3-19-6/h1-4,7,18H,5H2,(H2,17,21)(H,20,22). The summed E-state index contributed by atoms with van der Waals surface area (Å²) >= 11 is 0. The molecule has 1 aliphatic heterocycles. The van der Waals surface area contributed by atoms with Gasteiger partial charge >= 0.3 is 12.1 Å². The van der Waals surface area contributed by atoms with Crippen LogP contribution in [0.4, 0.5) is 22.0 Å². The van der Waals surface area contributed by atoms with Gasteiger partial charge in [0.1, 0.15) is 0 Å². The third-order valence-corrected chi connectivity index (χ3v) is 2.48. The highest BCUT2D eigenvalue weighted by Crippen LogP contribution is 2.34. The van der Waals surface area contributed by atoms with Crippen molar-refractivity contribution in [3.05, 3.63) is 24.2 Å². The van der Waals surface area contributed by atoms with Crippen molar-refractivity contribution >= 4 is 18.0 Å². The fraction of sp³-hybridized carbons (Fsp3) is 0.364. The van der Waals surface area contributed by atoms with Crippen molar-refractivity contribution in [3.8, 4) is 0 Å². The van der Waals surface area contributed by atoms with Crippen LogP contribution in [0.1, 0.15) is 0 Å². The molecule has 0 saturated heterocycles.